The molecule has 2 fully saturated rings. The van der Waals surface area contributed by atoms with Crippen LogP contribution in [0.5, 0.6) is 5.75 Å². The Morgan fingerprint density at radius 2 is 1.85 bits per heavy atom. The first-order chi connectivity index (χ1) is 12.4. The van der Waals surface area contributed by atoms with Gasteiger partial charge in [0.05, 0.1) is 12.7 Å². The van der Waals surface area contributed by atoms with E-state index in [9.17, 15) is 4.79 Å². The third-order valence-corrected chi connectivity index (χ3v) is 6.34. The fourth-order valence-corrected chi connectivity index (χ4v) is 4.11. The lowest BCUT2D eigenvalue weighted by Crippen LogP contribution is -2.76. The van der Waals surface area contributed by atoms with Crippen molar-refractivity contribution in [3.05, 3.63) is 30.3 Å². The minimum Gasteiger partial charge on any atom is -0.493 e. The Labute approximate surface area is 169 Å². The SMILES string of the molecule is CCOC1CC(N)(C(=O)N2CCC(COc3ccccc3)CC2)C1(C)C.Cl. The highest BCUT2D eigenvalue weighted by molar-refractivity contribution is 5.89. The molecule has 1 aromatic carbocycles. The number of hydrogen-bond acceptors (Lipinski definition) is 4. The summed E-state index contributed by atoms with van der Waals surface area (Å²) in [4.78, 5) is 15.0. The highest BCUT2D eigenvalue weighted by Gasteiger charge is 2.63. The average Bonchev–Trinajstić information content (AvgIpc) is 2.66. The highest BCUT2D eigenvalue weighted by Crippen LogP contribution is 2.50. The second-order valence-corrected chi connectivity index (χ2v) is 8.20. The molecule has 1 aliphatic heterocycles. The summed E-state index contributed by atoms with van der Waals surface area (Å²) in [6.45, 7) is 8.97. The zero-order valence-electron chi connectivity index (χ0n) is 16.6. The molecule has 2 aliphatic rings. The van der Waals surface area contributed by atoms with Crippen LogP contribution < -0.4 is 10.5 Å². The lowest BCUT2D eigenvalue weighted by atomic mass is 9.54. The zero-order chi connectivity index (χ0) is 18.8. The van der Waals surface area contributed by atoms with Gasteiger partial charge in [0.2, 0.25) is 5.91 Å². The van der Waals surface area contributed by atoms with Crippen LogP contribution in [-0.2, 0) is 9.53 Å². The number of nitrogens with zero attached hydrogens (tertiary/aromatic N) is 1. The fourth-order valence-electron chi connectivity index (χ4n) is 4.11. The molecule has 5 nitrogen and oxygen atoms in total. The Hall–Kier alpha value is -1.30. The molecule has 1 saturated carbocycles. The number of rotatable bonds is 6. The number of hydrogen-bond donors (Lipinski definition) is 1. The molecule has 2 unspecified atom stereocenters. The summed E-state index contributed by atoms with van der Waals surface area (Å²) in [6.07, 6.45) is 2.61. The van der Waals surface area contributed by atoms with E-state index in [-0.39, 0.29) is 29.8 Å². The van der Waals surface area contributed by atoms with Crippen LogP contribution in [0.25, 0.3) is 0 Å². The first-order valence-corrected chi connectivity index (χ1v) is 9.76. The van der Waals surface area contributed by atoms with Crippen LogP contribution >= 0.6 is 12.4 Å². The van der Waals surface area contributed by atoms with Crippen LogP contribution in [0.3, 0.4) is 0 Å². The number of para-hydroxylation sites is 1. The van der Waals surface area contributed by atoms with Gasteiger partial charge in [-0.05, 0) is 37.8 Å². The summed E-state index contributed by atoms with van der Waals surface area (Å²) in [5.41, 5.74) is 5.42. The van der Waals surface area contributed by atoms with Crippen LogP contribution in [0.15, 0.2) is 30.3 Å². The summed E-state index contributed by atoms with van der Waals surface area (Å²) < 4.78 is 11.6. The molecule has 2 N–H and O–H groups in total. The molecule has 3 rings (SSSR count). The summed E-state index contributed by atoms with van der Waals surface area (Å²) in [5.74, 6) is 1.48. The molecule has 0 radical (unpaired) electrons. The van der Waals surface area contributed by atoms with Crippen LogP contribution in [0.1, 0.15) is 40.0 Å². The first-order valence-electron chi connectivity index (χ1n) is 9.76. The Morgan fingerprint density at radius 3 is 2.41 bits per heavy atom. The van der Waals surface area contributed by atoms with E-state index in [1.165, 1.54) is 0 Å². The molecule has 0 aromatic heterocycles. The van der Waals surface area contributed by atoms with Crippen molar-refractivity contribution >= 4 is 18.3 Å². The molecular formula is C21H33ClN2O3. The molecule has 2 atom stereocenters. The maximum atomic E-state index is 13.1. The number of nitrogens with two attached hydrogens (primary N) is 1. The molecule has 1 amide bonds. The van der Waals surface area contributed by atoms with E-state index >= 15 is 0 Å². The van der Waals surface area contributed by atoms with Crippen molar-refractivity contribution in [1.82, 2.24) is 4.90 Å². The number of piperidine rings is 1. The normalized spacial score (nSPS) is 27.4. The largest absolute Gasteiger partial charge is 0.493 e. The number of ether oxygens (including phenoxy) is 2. The molecule has 1 heterocycles. The number of halogens is 1. The van der Waals surface area contributed by atoms with Gasteiger partial charge in [-0.1, -0.05) is 32.0 Å². The molecule has 0 spiro atoms. The smallest absolute Gasteiger partial charge is 0.243 e. The van der Waals surface area contributed by atoms with Gasteiger partial charge in [0.1, 0.15) is 11.3 Å². The van der Waals surface area contributed by atoms with Crippen molar-refractivity contribution in [2.24, 2.45) is 17.1 Å². The maximum Gasteiger partial charge on any atom is 0.243 e. The predicted molar refractivity (Wildman–Crippen MR) is 109 cm³/mol. The van der Waals surface area contributed by atoms with E-state index < -0.39 is 5.54 Å². The standard InChI is InChI=1S/C21H32N2O3.ClH/c1-4-25-18-14-21(22,20(18,2)3)19(24)23-12-10-16(11-13-23)15-26-17-8-6-5-7-9-17;/h5-9,16,18H,4,10-15,22H2,1-3H3;1H. The lowest BCUT2D eigenvalue weighted by Gasteiger charge is -2.59. The van der Waals surface area contributed by atoms with Crippen molar-refractivity contribution in [1.29, 1.82) is 0 Å². The monoisotopic (exact) mass is 396 g/mol. The van der Waals surface area contributed by atoms with Gasteiger partial charge in [-0.2, -0.15) is 0 Å². The molecule has 1 saturated heterocycles. The van der Waals surface area contributed by atoms with E-state index in [1.807, 2.05) is 42.2 Å². The van der Waals surface area contributed by atoms with E-state index in [1.54, 1.807) is 0 Å². The van der Waals surface area contributed by atoms with Gasteiger partial charge in [0.15, 0.2) is 0 Å². The van der Waals surface area contributed by atoms with Crippen LogP contribution in [0, 0.1) is 11.3 Å². The maximum absolute atomic E-state index is 13.1. The summed E-state index contributed by atoms with van der Waals surface area (Å²) in [7, 11) is 0. The minimum atomic E-state index is -0.805. The van der Waals surface area contributed by atoms with Crippen molar-refractivity contribution < 1.29 is 14.3 Å². The number of carbonyl (C=O) groups excluding carboxylic acids is 1. The fraction of sp³-hybridized carbons (Fsp3) is 0.667. The number of carbonyl (C=O) groups is 1. The minimum absolute atomic E-state index is 0. The first kappa shape index (κ1) is 22.0. The number of amides is 1. The molecule has 0 bridgehead atoms. The van der Waals surface area contributed by atoms with Crippen molar-refractivity contribution in [2.75, 3.05) is 26.3 Å². The van der Waals surface area contributed by atoms with Crippen molar-refractivity contribution in [3.8, 4) is 5.75 Å². The quantitative estimate of drug-likeness (QED) is 0.801. The Balaban J connectivity index is 0.00000261. The molecule has 152 valence electrons. The average molecular weight is 397 g/mol. The van der Waals surface area contributed by atoms with Crippen molar-refractivity contribution in [3.63, 3.8) is 0 Å². The summed E-state index contributed by atoms with van der Waals surface area (Å²) in [6, 6.07) is 9.90. The van der Waals surface area contributed by atoms with E-state index in [2.05, 4.69) is 13.8 Å². The third kappa shape index (κ3) is 4.25. The molecule has 1 aliphatic carbocycles. The Morgan fingerprint density at radius 1 is 1.22 bits per heavy atom. The lowest BCUT2D eigenvalue weighted by molar-refractivity contribution is -0.180. The van der Waals surface area contributed by atoms with Gasteiger partial charge in [0, 0.05) is 31.5 Å². The number of likely N-dealkylation sites (tertiary alicyclic amines) is 1. The summed E-state index contributed by atoms with van der Waals surface area (Å²) >= 11 is 0. The van der Waals surface area contributed by atoms with Gasteiger partial charge < -0.3 is 20.1 Å². The molecule has 27 heavy (non-hydrogen) atoms. The molecule has 6 heteroatoms. The van der Waals surface area contributed by atoms with E-state index in [0.717, 1.165) is 31.7 Å². The van der Waals surface area contributed by atoms with Gasteiger partial charge in [0.25, 0.3) is 0 Å². The van der Waals surface area contributed by atoms with Crippen LogP contribution in [0.2, 0.25) is 0 Å². The van der Waals surface area contributed by atoms with Gasteiger partial charge in [-0.15, -0.1) is 12.4 Å². The second-order valence-electron chi connectivity index (χ2n) is 8.20. The Bertz CT molecular complexity index is 617. The highest BCUT2D eigenvalue weighted by atomic mass is 35.5. The topological polar surface area (TPSA) is 64.8 Å². The zero-order valence-corrected chi connectivity index (χ0v) is 17.5. The predicted octanol–water partition coefficient (Wildman–Crippen LogP) is 3.26. The van der Waals surface area contributed by atoms with E-state index in [0.29, 0.717) is 25.6 Å². The summed E-state index contributed by atoms with van der Waals surface area (Å²) in [5, 5.41) is 0. The Kier molecular flexibility index (Phi) is 7.17. The number of benzene rings is 1. The van der Waals surface area contributed by atoms with Gasteiger partial charge in [-0.3, -0.25) is 4.79 Å². The van der Waals surface area contributed by atoms with Crippen molar-refractivity contribution in [2.45, 2.75) is 51.7 Å². The van der Waals surface area contributed by atoms with Crippen LogP contribution in [0.4, 0.5) is 0 Å². The third-order valence-electron chi connectivity index (χ3n) is 6.34. The van der Waals surface area contributed by atoms with Gasteiger partial charge in [-0.25, -0.2) is 0 Å². The molecule has 1 aromatic rings. The molecular weight excluding hydrogens is 364 g/mol. The second kappa shape index (κ2) is 8.80. The van der Waals surface area contributed by atoms with Gasteiger partial charge >= 0.3 is 0 Å². The van der Waals surface area contributed by atoms with Crippen LogP contribution in [-0.4, -0.2) is 48.8 Å². The van der Waals surface area contributed by atoms with E-state index in [4.69, 9.17) is 15.2 Å².